The lowest BCUT2D eigenvalue weighted by atomic mass is 9.96. The maximum Gasteiger partial charge on any atom is 0.339 e. The molecule has 1 rings (SSSR count). The second-order valence-corrected chi connectivity index (χ2v) is 17.1. The van der Waals surface area contributed by atoms with Crippen LogP contribution in [0.4, 0.5) is 0 Å². The van der Waals surface area contributed by atoms with Crippen LogP contribution >= 0.6 is 77.8 Å². The summed E-state index contributed by atoms with van der Waals surface area (Å²) in [6, 6.07) is 0. The van der Waals surface area contributed by atoms with E-state index in [1.165, 1.54) is 0 Å². The molecule has 0 bridgehead atoms. The molecular formula is C6H12Cl6O4P2. The summed E-state index contributed by atoms with van der Waals surface area (Å²) in [6.45, 7) is 6.39. The second kappa shape index (κ2) is 9.95. The van der Waals surface area contributed by atoms with Crippen molar-refractivity contribution >= 4 is 77.8 Å². The molecule has 12 heteroatoms. The first kappa shape index (κ1) is 22.4. The maximum absolute atomic E-state index is 9.51. The molecule has 112 valence electrons. The first-order valence-corrected chi connectivity index (χ1v) is 13.1. The van der Waals surface area contributed by atoms with Gasteiger partial charge in [0.2, 0.25) is 0 Å². The third-order valence-corrected chi connectivity index (χ3v) is 1.15. The molecule has 0 radical (unpaired) electrons. The van der Waals surface area contributed by atoms with Gasteiger partial charge in [0.05, 0.1) is 13.2 Å². The van der Waals surface area contributed by atoms with Crippen molar-refractivity contribution < 1.29 is 18.6 Å². The third kappa shape index (κ3) is 36.2. The number of halogens is 6. The fraction of sp³-hybridized carbons (Fsp3) is 1.00. The van der Waals surface area contributed by atoms with Crippen molar-refractivity contribution in [2.24, 2.45) is 5.41 Å². The van der Waals surface area contributed by atoms with E-state index in [4.69, 9.17) is 9.47 Å². The SMILES string of the molecule is CC1(C)COCOC1.O=P(Cl)(Cl)Cl.O=P(Cl)(Cl)Cl. The van der Waals surface area contributed by atoms with Crippen LogP contribution in [0.5, 0.6) is 0 Å². The highest BCUT2D eigenvalue weighted by molar-refractivity contribution is 8.25. The van der Waals surface area contributed by atoms with Gasteiger partial charge in [0.25, 0.3) is 0 Å². The Hall–Kier alpha value is 2.12. The van der Waals surface area contributed by atoms with Gasteiger partial charge >= 0.3 is 10.4 Å². The van der Waals surface area contributed by atoms with Crippen molar-refractivity contribution in [2.75, 3.05) is 20.0 Å². The zero-order chi connectivity index (χ0) is 15.0. The first-order chi connectivity index (χ1) is 7.71. The Morgan fingerprint density at radius 2 is 1.06 bits per heavy atom. The van der Waals surface area contributed by atoms with Crippen molar-refractivity contribution in [1.29, 1.82) is 0 Å². The number of ether oxygens (including phenoxy) is 2. The lowest BCUT2D eigenvalue weighted by Gasteiger charge is -2.28. The minimum absolute atomic E-state index is 0.234. The van der Waals surface area contributed by atoms with Crippen LogP contribution in [0.2, 0.25) is 0 Å². The summed E-state index contributed by atoms with van der Waals surface area (Å²) in [7, 11) is 0. The van der Waals surface area contributed by atoms with Gasteiger partial charge in [-0.2, -0.15) is 0 Å². The van der Waals surface area contributed by atoms with Crippen molar-refractivity contribution in [2.45, 2.75) is 13.8 Å². The van der Waals surface area contributed by atoms with E-state index < -0.39 is 10.4 Å². The molecule has 1 heterocycles. The average molecular weight is 423 g/mol. The fourth-order valence-electron chi connectivity index (χ4n) is 0.737. The smallest absolute Gasteiger partial charge is 0.339 e. The van der Waals surface area contributed by atoms with Crippen LogP contribution in [0.25, 0.3) is 0 Å². The molecule has 0 saturated carbocycles. The van der Waals surface area contributed by atoms with Crippen LogP contribution in [-0.4, -0.2) is 20.0 Å². The number of rotatable bonds is 0. The Morgan fingerprint density at radius 3 is 1.17 bits per heavy atom. The maximum atomic E-state index is 9.51. The van der Waals surface area contributed by atoms with E-state index in [1.807, 2.05) is 0 Å². The van der Waals surface area contributed by atoms with Gasteiger partial charge in [0.15, 0.2) is 0 Å². The Morgan fingerprint density at radius 1 is 0.833 bits per heavy atom. The summed E-state index contributed by atoms with van der Waals surface area (Å²) >= 11 is 27.7. The predicted molar refractivity (Wildman–Crippen MR) is 80.9 cm³/mol. The van der Waals surface area contributed by atoms with Gasteiger partial charge < -0.3 is 9.47 Å². The fourth-order valence-corrected chi connectivity index (χ4v) is 0.737. The summed E-state index contributed by atoms with van der Waals surface area (Å²) in [5.74, 6) is 0. The quantitative estimate of drug-likeness (QED) is 0.411. The molecular weight excluding hydrogens is 411 g/mol. The van der Waals surface area contributed by atoms with E-state index in [-0.39, 0.29) is 5.41 Å². The van der Waals surface area contributed by atoms with Crippen LogP contribution < -0.4 is 0 Å². The molecule has 0 spiro atoms. The molecule has 0 atom stereocenters. The minimum atomic E-state index is -3.22. The van der Waals surface area contributed by atoms with E-state index in [0.717, 1.165) is 13.2 Å². The van der Waals surface area contributed by atoms with Gasteiger partial charge in [0.1, 0.15) is 6.79 Å². The van der Waals surface area contributed by atoms with Crippen molar-refractivity contribution in [3.63, 3.8) is 0 Å². The highest BCUT2D eigenvalue weighted by Gasteiger charge is 2.21. The largest absolute Gasteiger partial charge is 0.355 e. The highest BCUT2D eigenvalue weighted by Crippen LogP contribution is 2.61. The molecule has 0 unspecified atom stereocenters. The molecule has 1 fully saturated rings. The van der Waals surface area contributed by atoms with Gasteiger partial charge in [-0.05, 0) is 67.4 Å². The monoisotopic (exact) mass is 420 g/mol. The number of hydrogen-bond acceptors (Lipinski definition) is 4. The normalized spacial score (nSPS) is 18.9. The van der Waals surface area contributed by atoms with Crippen LogP contribution in [0.3, 0.4) is 0 Å². The summed E-state index contributed by atoms with van der Waals surface area (Å²) < 4.78 is 29.1. The van der Waals surface area contributed by atoms with E-state index in [2.05, 4.69) is 81.3 Å². The Balaban J connectivity index is 0. The Kier molecular flexibility index (Phi) is 12.4. The first-order valence-electron chi connectivity index (χ1n) is 4.24. The summed E-state index contributed by atoms with van der Waals surface area (Å²) in [5.41, 5.74) is 0.234. The van der Waals surface area contributed by atoms with Crippen LogP contribution in [-0.2, 0) is 18.6 Å². The zero-order valence-corrected chi connectivity index (χ0v) is 15.7. The molecule has 1 aliphatic heterocycles. The molecule has 4 nitrogen and oxygen atoms in total. The number of hydrogen-bond donors (Lipinski definition) is 0. The third-order valence-electron chi connectivity index (χ3n) is 1.15. The lowest BCUT2D eigenvalue weighted by Crippen LogP contribution is -2.31. The molecule has 18 heavy (non-hydrogen) atoms. The van der Waals surface area contributed by atoms with Gasteiger partial charge in [0, 0.05) is 5.41 Å². The van der Waals surface area contributed by atoms with Crippen LogP contribution in [0.15, 0.2) is 0 Å². The molecule has 0 aromatic carbocycles. The van der Waals surface area contributed by atoms with Crippen LogP contribution in [0, 0.1) is 5.41 Å². The van der Waals surface area contributed by atoms with Gasteiger partial charge in [-0.25, -0.2) is 0 Å². The molecule has 1 saturated heterocycles. The van der Waals surface area contributed by atoms with Gasteiger partial charge in [-0.1, -0.05) is 13.8 Å². The second-order valence-electron chi connectivity index (χ2n) is 3.78. The summed E-state index contributed by atoms with van der Waals surface area (Å²) in [6.07, 6.45) is 0. The lowest BCUT2D eigenvalue weighted by molar-refractivity contribution is -0.153. The van der Waals surface area contributed by atoms with E-state index >= 15 is 0 Å². The zero-order valence-electron chi connectivity index (χ0n) is 9.42. The topological polar surface area (TPSA) is 52.6 Å². The Bertz CT molecular complexity index is 269. The van der Waals surface area contributed by atoms with E-state index in [9.17, 15) is 9.13 Å². The van der Waals surface area contributed by atoms with Gasteiger partial charge in [-0.3, -0.25) is 9.13 Å². The van der Waals surface area contributed by atoms with Crippen molar-refractivity contribution in [3.8, 4) is 0 Å². The van der Waals surface area contributed by atoms with E-state index in [1.54, 1.807) is 0 Å². The van der Waals surface area contributed by atoms with Crippen molar-refractivity contribution in [3.05, 3.63) is 0 Å². The average Bonchev–Trinajstić information content (AvgIpc) is 1.96. The summed E-state index contributed by atoms with van der Waals surface area (Å²) in [4.78, 5) is 0. The molecule has 1 aliphatic rings. The van der Waals surface area contributed by atoms with Crippen LogP contribution in [0.1, 0.15) is 13.8 Å². The Labute approximate surface area is 135 Å². The standard InChI is InChI=1S/C6H12O2.2Cl3OP/c1-6(2)3-7-5-8-4-6;2*1-5(2,3)4/h3-5H2,1-2H3;;. The van der Waals surface area contributed by atoms with Crippen molar-refractivity contribution in [1.82, 2.24) is 0 Å². The molecule has 0 aliphatic carbocycles. The highest BCUT2D eigenvalue weighted by atomic mass is 36.1. The molecule has 0 N–H and O–H groups in total. The summed E-state index contributed by atoms with van der Waals surface area (Å²) in [5, 5.41) is -6.44. The van der Waals surface area contributed by atoms with Gasteiger partial charge in [-0.15, -0.1) is 0 Å². The minimum Gasteiger partial charge on any atom is -0.355 e. The van der Waals surface area contributed by atoms with E-state index in [0.29, 0.717) is 6.79 Å². The molecule has 0 aromatic rings. The molecule has 0 aromatic heterocycles. The molecule has 0 amide bonds. The predicted octanol–water partition coefficient (Wildman–Crippen LogP) is 6.64.